The molecule has 0 bridgehead atoms. The monoisotopic (exact) mass is 286 g/mol. The van der Waals surface area contributed by atoms with E-state index in [9.17, 15) is 19.5 Å². The number of amides is 2. The average molecular weight is 286 g/mol. The van der Waals surface area contributed by atoms with Gasteiger partial charge in [-0.2, -0.15) is 0 Å². The minimum absolute atomic E-state index is 0.147. The third-order valence-electron chi connectivity index (χ3n) is 3.35. The molecule has 0 aromatic rings. The van der Waals surface area contributed by atoms with Gasteiger partial charge < -0.3 is 19.6 Å². The maximum atomic E-state index is 12.4. The van der Waals surface area contributed by atoms with E-state index in [0.717, 1.165) is 12.8 Å². The lowest BCUT2D eigenvalue weighted by atomic mass is 10.0. The maximum absolute atomic E-state index is 12.4. The second kappa shape index (κ2) is 7.72. The molecule has 0 aromatic carbocycles. The van der Waals surface area contributed by atoms with Gasteiger partial charge in [-0.1, -0.05) is 6.92 Å². The lowest BCUT2D eigenvalue weighted by Crippen LogP contribution is -2.54. The molecule has 1 atom stereocenters. The minimum atomic E-state index is -0.993. The molecule has 1 aliphatic heterocycles. The lowest BCUT2D eigenvalue weighted by Gasteiger charge is -2.36. The molecule has 1 unspecified atom stereocenters. The van der Waals surface area contributed by atoms with E-state index in [4.69, 9.17) is 0 Å². The van der Waals surface area contributed by atoms with E-state index in [1.165, 1.54) is 16.9 Å². The van der Waals surface area contributed by atoms with Gasteiger partial charge in [-0.25, -0.2) is 9.59 Å². The Morgan fingerprint density at radius 2 is 2.05 bits per heavy atom. The van der Waals surface area contributed by atoms with E-state index in [0.29, 0.717) is 25.9 Å². The van der Waals surface area contributed by atoms with Gasteiger partial charge in [-0.15, -0.1) is 0 Å². The number of hydrogen-bond donors (Lipinski definition) is 1. The van der Waals surface area contributed by atoms with Gasteiger partial charge in [0, 0.05) is 13.1 Å². The molecule has 0 aliphatic carbocycles. The van der Waals surface area contributed by atoms with Crippen molar-refractivity contribution in [3.63, 3.8) is 0 Å². The Balaban J connectivity index is 2.80. The number of methoxy groups -OCH3 is 1. The Kier molecular flexibility index (Phi) is 6.27. The minimum Gasteiger partial charge on any atom is -0.480 e. The maximum Gasteiger partial charge on any atom is 0.326 e. The number of hydrogen-bond acceptors (Lipinski definition) is 4. The first kappa shape index (κ1) is 16.3. The summed E-state index contributed by atoms with van der Waals surface area (Å²) >= 11 is 0. The highest BCUT2D eigenvalue weighted by Gasteiger charge is 2.34. The average Bonchev–Trinajstić information content (AvgIpc) is 2.45. The molecule has 1 saturated heterocycles. The van der Waals surface area contributed by atoms with Crippen LogP contribution in [0.3, 0.4) is 0 Å². The van der Waals surface area contributed by atoms with Crippen molar-refractivity contribution in [1.29, 1.82) is 0 Å². The summed E-state index contributed by atoms with van der Waals surface area (Å²) in [5.41, 5.74) is 0. The molecule has 7 heteroatoms. The number of ether oxygens (including phenoxy) is 1. The predicted octanol–water partition coefficient (Wildman–Crippen LogP) is 0.930. The number of urea groups is 1. The van der Waals surface area contributed by atoms with Crippen molar-refractivity contribution < 1.29 is 24.2 Å². The summed E-state index contributed by atoms with van der Waals surface area (Å²) in [6, 6.07) is -1.20. The van der Waals surface area contributed by atoms with Crippen molar-refractivity contribution in [2.24, 2.45) is 0 Å². The lowest BCUT2D eigenvalue weighted by molar-refractivity contribution is -0.143. The molecule has 0 aromatic heterocycles. The van der Waals surface area contributed by atoms with Crippen LogP contribution >= 0.6 is 0 Å². The molecule has 20 heavy (non-hydrogen) atoms. The summed E-state index contributed by atoms with van der Waals surface area (Å²) in [5.74, 6) is -1.50. The summed E-state index contributed by atoms with van der Waals surface area (Å²) in [7, 11) is 1.26. The van der Waals surface area contributed by atoms with Crippen LogP contribution in [0.4, 0.5) is 4.79 Å². The van der Waals surface area contributed by atoms with E-state index in [1.807, 2.05) is 6.92 Å². The molecular weight excluding hydrogens is 264 g/mol. The van der Waals surface area contributed by atoms with Gasteiger partial charge in [0.25, 0.3) is 0 Å². The fourth-order valence-corrected chi connectivity index (χ4v) is 2.33. The molecule has 1 heterocycles. The van der Waals surface area contributed by atoms with E-state index < -0.39 is 24.0 Å². The van der Waals surface area contributed by atoms with Crippen LogP contribution in [0.25, 0.3) is 0 Å². The largest absolute Gasteiger partial charge is 0.480 e. The number of carbonyl (C=O) groups excluding carboxylic acids is 2. The highest BCUT2D eigenvalue weighted by molar-refractivity contribution is 5.85. The van der Waals surface area contributed by atoms with Gasteiger partial charge in [-0.05, 0) is 25.7 Å². The molecular formula is C13H22N2O5. The zero-order valence-corrected chi connectivity index (χ0v) is 12.0. The fraction of sp³-hybridized carbons (Fsp3) is 0.769. The van der Waals surface area contributed by atoms with Gasteiger partial charge in [0.1, 0.15) is 12.6 Å². The quantitative estimate of drug-likeness (QED) is 0.760. The number of rotatable bonds is 5. The van der Waals surface area contributed by atoms with Crippen molar-refractivity contribution in [1.82, 2.24) is 9.80 Å². The molecule has 1 N–H and O–H groups in total. The van der Waals surface area contributed by atoms with Crippen molar-refractivity contribution in [3.8, 4) is 0 Å². The molecule has 7 nitrogen and oxygen atoms in total. The van der Waals surface area contributed by atoms with Gasteiger partial charge in [0.05, 0.1) is 7.11 Å². The van der Waals surface area contributed by atoms with Crippen molar-refractivity contribution in [2.45, 2.75) is 38.6 Å². The molecule has 1 rings (SSSR count). The molecule has 0 spiro atoms. The van der Waals surface area contributed by atoms with Gasteiger partial charge >= 0.3 is 18.0 Å². The normalized spacial score (nSPS) is 18.5. The van der Waals surface area contributed by atoms with Crippen molar-refractivity contribution >= 4 is 18.0 Å². The van der Waals surface area contributed by atoms with Crippen LogP contribution in [-0.2, 0) is 14.3 Å². The highest BCUT2D eigenvalue weighted by Crippen LogP contribution is 2.19. The van der Waals surface area contributed by atoms with Gasteiger partial charge in [0.15, 0.2) is 0 Å². The Morgan fingerprint density at radius 1 is 1.35 bits per heavy atom. The Hall–Kier alpha value is -1.79. The summed E-state index contributed by atoms with van der Waals surface area (Å²) < 4.78 is 4.57. The number of carboxylic acids is 1. The molecule has 1 aliphatic rings. The summed E-state index contributed by atoms with van der Waals surface area (Å²) in [5, 5.41) is 9.19. The molecule has 2 amide bonds. The Morgan fingerprint density at radius 3 is 2.60 bits per heavy atom. The SMILES string of the molecule is CCCN(CC(=O)OC)C(=O)N1CCCCC1C(=O)O. The highest BCUT2D eigenvalue weighted by atomic mass is 16.5. The summed E-state index contributed by atoms with van der Waals surface area (Å²) in [6.07, 6.45) is 2.73. The Bertz CT molecular complexity index is 372. The standard InChI is InChI=1S/C13H22N2O5/c1-3-7-14(9-11(16)20-2)13(19)15-8-5-4-6-10(15)12(17)18/h10H,3-9H2,1-2H3,(H,17,18). The van der Waals surface area contributed by atoms with Crippen LogP contribution in [0.5, 0.6) is 0 Å². The van der Waals surface area contributed by atoms with Gasteiger partial charge in [0.2, 0.25) is 0 Å². The first-order valence-corrected chi connectivity index (χ1v) is 6.86. The first-order chi connectivity index (χ1) is 9.51. The van der Waals surface area contributed by atoms with Crippen molar-refractivity contribution in [2.75, 3.05) is 26.7 Å². The van der Waals surface area contributed by atoms with Crippen LogP contribution in [0.15, 0.2) is 0 Å². The second-order valence-corrected chi connectivity index (χ2v) is 4.82. The number of piperidine rings is 1. The number of carbonyl (C=O) groups is 3. The topological polar surface area (TPSA) is 87.2 Å². The van der Waals surface area contributed by atoms with E-state index in [1.54, 1.807) is 0 Å². The van der Waals surface area contributed by atoms with Crippen LogP contribution < -0.4 is 0 Å². The zero-order valence-electron chi connectivity index (χ0n) is 12.0. The van der Waals surface area contributed by atoms with E-state index in [2.05, 4.69) is 4.74 Å². The smallest absolute Gasteiger partial charge is 0.326 e. The van der Waals surface area contributed by atoms with Crippen LogP contribution in [0.2, 0.25) is 0 Å². The summed E-state index contributed by atoms with van der Waals surface area (Å²) in [4.78, 5) is 37.7. The number of esters is 1. The first-order valence-electron chi connectivity index (χ1n) is 6.86. The molecule has 114 valence electrons. The van der Waals surface area contributed by atoms with Crippen LogP contribution in [0, 0.1) is 0 Å². The molecule has 0 radical (unpaired) electrons. The molecule has 0 saturated carbocycles. The number of carboxylic acid groups (broad SMARTS) is 1. The number of nitrogens with zero attached hydrogens (tertiary/aromatic N) is 2. The van der Waals surface area contributed by atoms with Crippen LogP contribution in [-0.4, -0.2) is 65.7 Å². The fourth-order valence-electron chi connectivity index (χ4n) is 2.33. The van der Waals surface area contributed by atoms with Gasteiger partial charge in [-0.3, -0.25) is 4.79 Å². The zero-order chi connectivity index (χ0) is 15.1. The Labute approximate surface area is 118 Å². The third-order valence-corrected chi connectivity index (χ3v) is 3.35. The third kappa shape index (κ3) is 4.11. The molecule has 1 fully saturated rings. The van der Waals surface area contributed by atoms with E-state index >= 15 is 0 Å². The number of likely N-dealkylation sites (tertiary alicyclic amines) is 1. The van der Waals surface area contributed by atoms with E-state index in [-0.39, 0.29) is 6.54 Å². The van der Waals surface area contributed by atoms with Crippen LogP contribution in [0.1, 0.15) is 32.6 Å². The predicted molar refractivity (Wildman–Crippen MR) is 71.3 cm³/mol. The van der Waals surface area contributed by atoms with Crippen molar-refractivity contribution in [3.05, 3.63) is 0 Å². The summed E-state index contributed by atoms with van der Waals surface area (Å²) in [6.45, 7) is 2.56. The second-order valence-electron chi connectivity index (χ2n) is 4.82. The number of aliphatic carboxylic acids is 1.